The molecule has 4 heterocycles. The van der Waals surface area contributed by atoms with Gasteiger partial charge in [0.05, 0.1) is 24.5 Å². The highest BCUT2D eigenvalue weighted by Gasteiger charge is 2.27. The van der Waals surface area contributed by atoms with E-state index in [4.69, 9.17) is 4.98 Å². The van der Waals surface area contributed by atoms with Crippen molar-refractivity contribution in [1.29, 1.82) is 0 Å². The third-order valence-electron chi connectivity index (χ3n) is 5.83. The lowest BCUT2D eigenvalue weighted by Crippen LogP contribution is -2.33. The highest BCUT2D eigenvalue weighted by Crippen LogP contribution is 2.31. The second kappa shape index (κ2) is 7.11. The van der Waals surface area contributed by atoms with E-state index in [1.807, 2.05) is 6.07 Å². The average Bonchev–Trinajstić information content (AvgIpc) is 3.11. The molecule has 0 aromatic carbocycles. The minimum Gasteiger partial charge on any atom is -0.493 e. The molecule has 1 saturated carbocycles. The van der Waals surface area contributed by atoms with Gasteiger partial charge >= 0.3 is 5.69 Å². The first-order valence-corrected chi connectivity index (χ1v) is 10.1. The predicted octanol–water partition coefficient (Wildman–Crippen LogP) is 0.825. The van der Waals surface area contributed by atoms with Crippen LogP contribution in [0.15, 0.2) is 17.1 Å². The van der Waals surface area contributed by atoms with Crippen molar-refractivity contribution in [3.05, 3.63) is 34.0 Å². The smallest absolute Gasteiger partial charge is 0.325 e. The summed E-state index contributed by atoms with van der Waals surface area (Å²) in [6.07, 6.45) is 6.48. The van der Waals surface area contributed by atoms with Gasteiger partial charge < -0.3 is 25.4 Å². The van der Waals surface area contributed by atoms with Crippen LogP contribution in [0.3, 0.4) is 0 Å². The van der Waals surface area contributed by atoms with E-state index in [9.17, 15) is 15.0 Å². The average molecular weight is 399 g/mol. The molecule has 0 bridgehead atoms. The van der Waals surface area contributed by atoms with Gasteiger partial charge in [-0.25, -0.2) is 9.78 Å². The molecule has 0 radical (unpaired) electrons. The van der Waals surface area contributed by atoms with Crippen LogP contribution in [0.4, 0.5) is 11.6 Å². The van der Waals surface area contributed by atoms with Crippen molar-refractivity contribution in [3.8, 4) is 5.88 Å². The molecule has 154 valence electrons. The van der Waals surface area contributed by atoms with Crippen molar-refractivity contribution >= 4 is 17.3 Å². The monoisotopic (exact) mass is 399 g/mol. The Morgan fingerprint density at radius 2 is 2.14 bits per heavy atom. The van der Waals surface area contributed by atoms with Crippen molar-refractivity contribution in [2.24, 2.45) is 5.92 Å². The predicted molar refractivity (Wildman–Crippen MR) is 108 cm³/mol. The van der Waals surface area contributed by atoms with Crippen LogP contribution in [-0.2, 0) is 6.42 Å². The Labute approximate surface area is 166 Å². The third kappa shape index (κ3) is 3.44. The van der Waals surface area contributed by atoms with Crippen LogP contribution in [0.5, 0.6) is 5.88 Å². The normalized spacial score (nSPS) is 19.3. The molecular weight excluding hydrogens is 374 g/mol. The van der Waals surface area contributed by atoms with Gasteiger partial charge in [0.25, 0.3) is 0 Å². The van der Waals surface area contributed by atoms with E-state index in [0.29, 0.717) is 23.7 Å². The number of rotatable bonds is 7. The lowest BCUT2D eigenvalue weighted by atomic mass is 10.2. The molecule has 1 aliphatic carbocycles. The van der Waals surface area contributed by atoms with Crippen molar-refractivity contribution in [3.63, 3.8) is 0 Å². The van der Waals surface area contributed by atoms with E-state index >= 15 is 0 Å². The van der Waals surface area contributed by atoms with E-state index in [2.05, 4.69) is 25.3 Å². The Bertz CT molecular complexity index is 1080. The molecule has 29 heavy (non-hydrogen) atoms. The molecule has 0 spiro atoms. The Balaban J connectivity index is 1.55. The maximum absolute atomic E-state index is 11.5. The molecule has 1 aliphatic heterocycles. The Morgan fingerprint density at radius 3 is 2.86 bits per heavy atom. The van der Waals surface area contributed by atoms with Crippen LogP contribution >= 0.6 is 0 Å². The second-order valence-electron chi connectivity index (χ2n) is 7.98. The Kier molecular flexibility index (Phi) is 4.42. The molecule has 2 aliphatic rings. The van der Waals surface area contributed by atoms with Crippen LogP contribution in [0.1, 0.15) is 36.9 Å². The number of hydrogen-bond donors (Lipinski definition) is 5. The van der Waals surface area contributed by atoms with Gasteiger partial charge in [-0.05, 0) is 31.6 Å². The zero-order chi connectivity index (χ0) is 20.0. The molecule has 5 N–H and O–H groups in total. The minimum atomic E-state index is -0.447. The number of hydrogen-bond acceptors (Lipinski definition) is 7. The summed E-state index contributed by atoms with van der Waals surface area (Å²) in [5, 5.41) is 27.7. The van der Waals surface area contributed by atoms with E-state index in [0.717, 1.165) is 43.1 Å². The van der Waals surface area contributed by atoms with Crippen molar-refractivity contribution in [1.82, 2.24) is 24.6 Å². The zero-order valence-corrected chi connectivity index (χ0v) is 16.1. The molecule has 1 saturated heterocycles. The molecular formula is C19H25N7O3. The van der Waals surface area contributed by atoms with Crippen molar-refractivity contribution in [2.75, 3.05) is 29.9 Å². The first kappa shape index (κ1) is 18.0. The lowest BCUT2D eigenvalue weighted by molar-refractivity contribution is 0.266. The fraction of sp³-hybridized carbons (Fsp3) is 0.526. The number of aromatic hydroxyl groups is 1. The molecule has 3 aromatic heterocycles. The molecule has 1 unspecified atom stereocenters. The van der Waals surface area contributed by atoms with Crippen molar-refractivity contribution < 1.29 is 10.2 Å². The van der Waals surface area contributed by atoms with E-state index in [1.165, 1.54) is 12.8 Å². The van der Waals surface area contributed by atoms with Gasteiger partial charge in [0.2, 0.25) is 5.88 Å². The van der Waals surface area contributed by atoms with Gasteiger partial charge in [-0.15, -0.1) is 0 Å². The quantitative estimate of drug-likeness (QED) is 0.397. The highest BCUT2D eigenvalue weighted by atomic mass is 16.3. The SMILES string of the molecule is O=c1[nH]c(O)c(Cc2cnn3c(NCC4CC4)cc(N4CCCC4CO)nc23)[nH]1. The Morgan fingerprint density at radius 1 is 1.28 bits per heavy atom. The summed E-state index contributed by atoms with van der Waals surface area (Å²) in [6.45, 7) is 1.84. The van der Waals surface area contributed by atoms with Gasteiger partial charge in [-0.1, -0.05) is 0 Å². The number of nitrogens with one attached hydrogen (secondary N) is 3. The summed E-state index contributed by atoms with van der Waals surface area (Å²) < 4.78 is 1.77. The van der Waals surface area contributed by atoms with Crippen LogP contribution in [0.2, 0.25) is 0 Å². The maximum atomic E-state index is 11.5. The fourth-order valence-electron chi connectivity index (χ4n) is 4.02. The third-order valence-corrected chi connectivity index (χ3v) is 5.83. The van der Waals surface area contributed by atoms with E-state index < -0.39 is 5.69 Å². The molecule has 2 fully saturated rings. The Hall–Kier alpha value is -3.01. The molecule has 0 amide bonds. The molecule has 3 aromatic rings. The number of aliphatic hydroxyl groups is 1. The van der Waals surface area contributed by atoms with Crippen molar-refractivity contribution in [2.45, 2.75) is 38.1 Å². The van der Waals surface area contributed by atoms with E-state index in [1.54, 1.807) is 10.7 Å². The number of nitrogens with zero attached hydrogens (tertiary/aromatic N) is 4. The van der Waals surface area contributed by atoms with E-state index in [-0.39, 0.29) is 18.5 Å². The fourth-order valence-corrected chi connectivity index (χ4v) is 4.02. The van der Waals surface area contributed by atoms with Crippen LogP contribution in [0, 0.1) is 5.92 Å². The number of anilines is 2. The molecule has 1 atom stereocenters. The zero-order valence-electron chi connectivity index (χ0n) is 16.1. The number of aromatic nitrogens is 5. The van der Waals surface area contributed by atoms with Crippen LogP contribution < -0.4 is 15.9 Å². The van der Waals surface area contributed by atoms with Crippen LogP contribution in [0.25, 0.3) is 5.65 Å². The summed E-state index contributed by atoms with van der Waals surface area (Å²) in [7, 11) is 0. The number of H-pyrrole nitrogens is 2. The minimum absolute atomic E-state index is 0.0673. The van der Waals surface area contributed by atoms with Gasteiger partial charge in [-0.3, -0.25) is 4.98 Å². The van der Waals surface area contributed by atoms with Gasteiger partial charge in [-0.2, -0.15) is 9.61 Å². The van der Waals surface area contributed by atoms with Gasteiger partial charge in [0, 0.05) is 31.1 Å². The van der Waals surface area contributed by atoms with Gasteiger partial charge in [0.15, 0.2) is 5.65 Å². The van der Waals surface area contributed by atoms with Gasteiger partial charge in [0.1, 0.15) is 11.6 Å². The highest BCUT2D eigenvalue weighted by molar-refractivity contribution is 5.62. The molecule has 10 nitrogen and oxygen atoms in total. The summed E-state index contributed by atoms with van der Waals surface area (Å²) in [6, 6.07) is 2.06. The standard InChI is InChI=1S/C19H25N7O3/c27-10-13-2-1-5-25(13)16-7-15(20-8-11-3-4-11)26-17(23-16)12(9-21-26)6-14-18(28)24-19(29)22-14/h7,9,11,13,20,27-28H,1-6,8,10H2,(H2,22,24,29). The summed E-state index contributed by atoms with van der Waals surface area (Å²) >= 11 is 0. The topological polar surface area (TPSA) is 135 Å². The summed E-state index contributed by atoms with van der Waals surface area (Å²) in [5.41, 5.74) is 1.42. The number of aliphatic hydroxyl groups excluding tert-OH is 1. The lowest BCUT2D eigenvalue weighted by Gasteiger charge is -2.25. The summed E-state index contributed by atoms with van der Waals surface area (Å²) in [5.74, 6) is 2.20. The number of imidazole rings is 1. The number of fused-ring (bicyclic) bond motifs is 1. The summed E-state index contributed by atoms with van der Waals surface area (Å²) in [4.78, 5) is 23.4. The second-order valence-corrected chi connectivity index (χ2v) is 7.98. The largest absolute Gasteiger partial charge is 0.493 e. The first-order valence-electron chi connectivity index (χ1n) is 10.1. The molecule has 10 heteroatoms. The number of aromatic amines is 2. The maximum Gasteiger partial charge on any atom is 0.325 e. The van der Waals surface area contributed by atoms with Crippen LogP contribution in [-0.4, -0.2) is 60.5 Å². The molecule has 5 rings (SSSR count). The first-order chi connectivity index (χ1) is 14.1.